The first kappa shape index (κ1) is 20.1. The van der Waals surface area contributed by atoms with Crippen LogP contribution in [0.2, 0.25) is 0 Å². The third-order valence-corrected chi connectivity index (χ3v) is 4.39. The molecule has 1 heterocycles. The van der Waals surface area contributed by atoms with E-state index in [1.807, 2.05) is 19.9 Å². The predicted octanol–water partition coefficient (Wildman–Crippen LogP) is 3.84. The Labute approximate surface area is 160 Å². The monoisotopic (exact) mass is 375 g/mol. The van der Waals surface area contributed by atoms with Gasteiger partial charge in [0.05, 0.1) is 19.8 Å². The summed E-state index contributed by atoms with van der Waals surface area (Å²) in [5, 5.41) is 10.9. The highest BCUT2D eigenvalue weighted by Crippen LogP contribution is 2.28. The highest BCUT2D eigenvalue weighted by atomic mass is 32.1. The summed E-state index contributed by atoms with van der Waals surface area (Å²) >= 11 is 1.70. The Hall–Kier alpha value is -2.21. The van der Waals surface area contributed by atoms with Crippen molar-refractivity contribution in [3.8, 4) is 11.5 Å². The molecule has 0 spiro atoms. The molecule has 0 radical (unpaired) electrons. The lowest BCUT2D eigenvalue weighted by molar-refractivity contribution is 0.287. The molecule has 2 aromatic rings. The molecule has 0 saturated heterocycles. The quantitative estimate of drug-likeness (QED) is 0.489. The molecule has 1 aromatic carbocycles. The Bertz CT molecular complexity index is 672. The van der Waals surface area contributed by atoms with E-state index in [4.69, 9.17) is 9.47 Å². The molecule has 0 amide bonds. The molecule has 6 heteroatoms. The summed E-state index contributed by atoms with van der Waals surface area (Å²) in [5.41, 5.74) is 2.44. The van der Waals surface area contributed by atoms with E-state index in [1.54, 1.807) is 11.3 Å². The number of rotatable bonds is 10. The maximum atomic E-state index is 5.70. The predicted molar refractivity (Wildman–Crippen MR) is 110 cm³/mol. The van der Waals surface area contributed by atoms with Gasteiger partial charge in [0.1, 0.15) is 0 Å². The van der Waals surface area contributed by atoms with Crippen LogP contribution >= 0.6 is 11.3 Å². The van der Waals surface area contributed by atoms with E-state index >= 15 is 0 Å². The minimum Gasteiger partial charge on any atom is -0.490 e. The smallest absolute Gasteiger partial charge is 0.191 e. The molecule has 0 aliphatic heterocycles. The maximum Gasteiger partial charge on any atom is 0.191 e. The molecule has 0 unspecified atom stereocenters. The van der Waals surface area contributed by atoms with Crippen LogP contribution in [0.3, 0.4) is 0 Å². The average molecular weight is 376 g/mol. The van der Waals surface area contributed by atoms with Crippen LogP contribution in [0, 0.1) is 0 Å². The van der Waals surface area contributed by atoms with Crippen molar-refractivity contribution in [3.05, 3.63) is 46.2 Å². The van der Waals surface area contributed by atoms with Crippen LogP contribution in [0.4, 0.5) is 0 Å². The van der Waals surface area contributed by atoms with Crippen molar-refractivity contribution in [1.82, 2.24) is 10.6 Å². The molecule has 0 fully saturated rings. The van der Waals surface area contributed by atoms with Gasteiger partial charge in [0.25, 0.3) is 0 Å². The summed E-state index contributed by atoms with van der Waals surface area (Å²) in [6.45, 7) is 9.62. The standard InChI is InChI=1S/C20H29N3O2S/c1-4-21-20(23-14-17-10-12-26-15-17)22-11-9-16-7-8-18(24-5-2)19(13-16)25-6-3/h7-8,10,12-13,15H,4-6,9,11,14H2,1-3H3,(H2,21,22,23). The van der Waals surface area contributed by atoms with Crippen molar-refractivity contribution in [3.63, 3.8) is 0 Å². The van der Waals surface area contributed by atoms with Gasteiger partial charge in [-0.3, -0.25) is 0 Å². The number of aliphatic imine (C=N–C) groups is 1. The van der Waals surface area contributed by atoms with Crippen LogP contribution in [-0.2, 0) is 13.0 Å². The van der Waals surface area contributed by atoms with E-state index in [-0.39, 0.29) is 0 Å². The van der Waals surface area contributed by atoms with Crippen LogP contribution in [0.1, 0.15) is 31.9 Å². The van der Waals surface area contributed by atoms with Crippen molar-refractivity contribution in [2.24, 2.45) is 4.99 Å². The molecule has 0 aliphatic carbocycles. The highest BCUT2D eigenvalue weighted by Gasteiger charge is 2.06. The third kappa shape index (κ3) is 6.59. The van der Waals surface area contributed by atoms with Crippen LogP contribution in [0.5, 0.6) is 11.5 Å². The Morgan fingerprint density at radius 3 is 2.50 bits per heavy atom. The second-order valence-electron chi connectivity index (χ2n) is 5.65. The van der Waals surface area contributed by atoms with Gasteiger partial charge in [0.15, 0.2) is 17.5 Å². The zero-order valence-corrected chi connectivity index (χ0v) is 16.7. The molecule has 1 aromatic heterocycles. The molecule has 0 bridgehead atoms. The van der Waals surface area contributed by atoms with E-state index in [9.17, 15) is 0 Å². The Morgan fingerprint density at radius 1 is 1.00 bits per heavy atom. The largest absolute Gasteiger partial charge is 0.490 e. The third-order valence-electron chi connectivity index (χ3n) is 3.66. The fraction of sp³-hybridized carbons (Fsp3) is 0.450. The minimum atomic E-state index is 0.627. The summed E-state index contributed by atoms with van der Waals surface area (Å²) in [6, 6.07) is 8.24. The maximum absolute atomic E-state index is 5.70. The van der Waals surface area contributed by atoms with Crippen LogP contribution < -0.4 is 20.1 Å². The van der Waals surface area contributed by atoms with E-state index in [1.165, 1.54) is 11.1 Å². The Morgan fingerprint density at radius 2 is 1.81 bits per heavy atom. The molecular weight excluding hydrogens is 346 g/mol. The Balaban J connectivity index is 1.91. The first-order valence-electron chi connectivity index (χ1n) is 9.18. The van der Waals surface area contributed by atoms with Crippen LogP contribution in [0.15, 0.2) is 40.0 Å². The summed E-state index contributed by atoms with van der Waals surface area (Å²) < 4.78 is 11.3. The van der Waals surface area contributed by atoms with Gasteiger partial charge in [-0.15, -0.1) is 0 Å². The van der Waals surface area contributed by atoms with E-state index in [0.29, 0.717) is 19.8 Å². The van der Waals surface area contributed by atoms with Gasteiger partial charge in [0.2, 0.25) is 0 Å². The van der Waals surface area contributed by atoms with Gasteiger partial charge in [-0.1, -0.05) is 6.07 Å². The molecule has 0 atom stereocenters. The van der Waals surface area contributed by atoms with Crippen molar-refractivity contribution in [2.45, 2.75) is 33.7 Å². The SMILES string of the molecule is CCNC(=NCc1ccsc1)NCCc1ccc(OCC)c(OCC)c1. The van der Waals surface area contributed by atoms with Crippen molar-refractivity contribution >= 4 is 17.3 Å². The number of hydrogen-bond donors (Lipinski definition) is 2. The van der Waals surface area contributed by atoms with Crippen molar-refractivity contribution in [1.29, 1.82) is 0 Å². The second-order valence-corrected chi connectivity index (χ2v) is 6.43. The van der Waals surface area contributed by atoms with Crippen LogP contribution in [0.25, 0.3) is 0 Å². The number of ether oxygens (including phenoxy) is 2. The lowest BCUT2D eigenvalue weighted by Crippen LogP contribution is -2.38. The Kier molecular flexibility index (Phi) is 8.83. The number of hydrogen-bond acceptors (Lipinski definition) is 4. The first-order chi connectivity index (χ1) is 12.8. The first-order valence-corrected chi connectivity index (χ1v) is 10.1. The molecule has 26 heavy (non-hydrogen) atoms. The summed E-state index contributed by atoms with van der Waals surface area (Å²) in [5.74, 6) is 2.45. The lowest BCUT2D eigenvalue weighted by Gasteiger charge is -2.14. The topological polar surface area (TPSA) is 54.9 Å². The average Bonchev–Trinajstić information content (AvgIpc) is 3.16. The molecule has 2 rings (SSSR count). The number of guanidine groups is 1. The molecule has 5 nitrogen and oxygen atoms in total. The zero-order chi connectivity index (χ0) is 18.6. The van der Waals surface area contributed by atoms with Gasteiger partial charge >= 0.3 is 0 Å². The highest BCUT2D eigenvalue weighted by molar-refractivity contribution is 7.07. The fourth-order valence-corrected chi connectivity index (χ4v) is 3.13. The molecular formula is C20H29N3O2S. The van der Waals surface area contributed by atoms with Gasteiger partial charge in [-0.2, -0.15) is 11.3 Å². The summed E-state index contributed by atoms with van der Waals surface area (Å²) in [4.78, 5) is 4.63. The van der Waals surface area contributed by atoms with Gasteiger partial charge in [-0.05, 0) is 67.3 Å². The minimum absolute atomic E-state index is 0.627. The van der Waals surface area contributed by atoms with Crippen molar-refractivity contribution in [2.75, 3.05) is 26.3 Å². The van der Waals surface area contributed by atoms with E-state index in [0.717, 1.165) is 37.0 Å². The van der Waals surface area contributed by atoms with E-state index in [2.05, 4.69) is 51.5 Å². The molecule has 142 valence electrons. The number of thiophene rings is 1. The lowest BCUT2D eigenvalue weighted by atomic mass is 10.1. The normalized spacial score (nSPS) is 11.3. The molecule has 0 saturated carbocycles. The second kappa shape index (κ2) is 11.4. The summed E-state index contributed by atoms with van der Waals surface area (Å²) in [7, 11) is 0. The number of nitrogens with one attached hydrogen (secondary N) is 2. The number of nitrogens with zero attached hydrogens (tertiary/aromatic N) is 1. The van der Waals surface area contributed by atoms with Gasteiger partial charge in [0, 0.05) is 13.1 Å². The number of benzene rings is 1. The molecule has 2 N–H and O–H groups in total. The van der Waals surface area contributed by atoms with Gasteiger partial charge < -0.3 is 20.1 Å². The van der Waals surface area contributed by atoms with Crippen molar-refractivity contribution < 1.29 is 9.47 Å². The fourth-order valence-electron chi connectivity index (χ4n) is 2.47. The zero-order valence-electron chi connectivity index (χ0n) is 15.9. The summed E-state index contributed by atoms with van der Waals surface area (Å²) in [6.07, 6.45) is 0.884. The van der Waals surface area contributed by atoms with E-state index < -0.39 is 0 Å². The van der Waals surface area contributed by atoms with Gasteiger partial charge in [-0.25, -0.2) is 4.99 Å². The molecule has 0 aliphatic rings. The van der Waals surface area contributed by atoms with Crippen LogP contribution in [-0.4, -0.2) is 32.3 Å².